The van der Waals surface area contributed by atoms with Crippen LogP contribution in [0.1, 0.15) is 5.56 Å². The molecule has 0 aromatic heterocycles. The molecule has 0 saturated carbocycles. The second-order valence-corrected chi connectivity index (χ2v) is 4.05. The molecular formula is C11H12ClF3N2O2. The van der Waals surface area contributed by atoms with Crippen LogP contribution in [0, 0.1) is 0 Å². The molecule has 1 aromatic rings. The average Bonchev–Trinajstić information content (AvgIpc) is 2.31. The fourth-order valence-electron chi connectivity index (χ4n) is 1.35. The Kier molecular flexibility index (Phi) is 5.16. The molecule has 0 bridgehead atoms. The molecule has 1 aromatic carbocycles. The van der Waals surface area contributed by atoms with E-state index in [-0.39, 0.29) is 12.2 Å². The number of carbonyl (C=O) groups is 1. The highest BCUT2D eigenvalue weighted by Gasteiger charge is 2.33. The second-order valence-electron chi connectivity index (χ2n) is 3.64. The van der Waals surface area contributed by atoms with E-state index < -0.39 is 28.8 Å². The summed E-state index contributed by atoms with van der Waals surface area (Å²) >= 11 is 5.46. The molecule has 19 heavy (non-hydrogen) atoms. The van der Waals surface area contributed by atoms with E-state index in [1.165, 1.54) is 13.2 Å². The van der Waals surface area contributed by atoms with E-state index in [1.54, 1.807) is 0 Å². The summed E-state index contributed by atoms with van der Waals surface area (Å²) in [5.74, 6) is -0.625. The van der Waals surface area contributed by atoms with Crippen LogP contribution in [0.4, 0.5) is 18.9 Å². The lowest BCUT2D eigenvalue weighted by molar-refractivity contribution is -0.137. The minimum absolute atomic E-state index is 0.0303. The van der Waals surface area contributed by atoms with Gasteiger partial charge in [-0.3, -0.25) is 4.79 Å². The van der Waals surface area contributed by atoms with E-state index in [1.807, 2.05) is 0 Å². The van der Waals surface area contributed by atoms with Gasteiger partial charge in [0.2, 0.25) is 0 Å². The minimum Gasteiger partial charge on any atom is -0.370 e. The predicted molar refractivity (Wildman–Crippen MR) is 64.9 cm³/mol. The van der Waals surface area contributed by atoms with Crippen LogP contribution < -0.4 is 11.1 Å². The first-order valence-electron chi connectivity index (χ1n) is 5.20. The smallest absolute Gasteiger partial charge is 0.370 e. The summed E-state index contributed by atoms with van der Waals surface area (Å²) in [7, 11) is 1.28. The SMILES string of the molecule is COC(CN)C(=O)Nc1ccc(Cl)c(C(F)(F)F)c1. The van der Waals surface area contributed by atoms with Crippen LogP contribution in [-0.2, 0) is 15.7 Å². The van der Waals surface area contributed by atoms with Crippen LogP contribution in [-0.4, -0.2) is 25.7 Å². The molecular weight excluding hydrogens is 285 g/mol. The van der Waals surface area contributed by atoms with Crippen molar-refractivity contribution >= 4 is 23.2 Å². The second kappa shape index (κ2) is 6.23. The highest BCUT2D eigenvalue weighted by molar-refractivity contribution is 6.31. The summed E-state index contributed by atoms with van der Waals surface area (Å²) in [5, 5.41) is 1.84. The minimum atomic E-state index is -4.59. The van der Waals surface area contributed by atoms with Gasteiger partial charge in [0.1, 0.15) is 6.10 Å². The molecule has 0 heterocycles. The molecule has 0 radical (unpaired) electrons. The Balaban J connectivity index is 2.95. The zero-order chi connectivity index (χ0) is 14.6. The van der Waals surface area contributed by atoms with Gasteiger partial charge in [-0.25, -0.2) is 0 Å². The lowest BCUT2D eigenvalue weighted by atomic mass is 10.2. The Labute approximate surface area is 112 Å². The van der Waals surface area contributed by atoms with Gasteiger partial charge in [-0.05, 0) is 18.2 Å². The first kappa shape index (κ1) is 15.7. The summed E-state index contributed by atoms with van der Waals surface area (Å²) in [6.07, 6.45) is -5.52. The number of hydrogen-bond donors (Lipinski definition) is 2. The van der Waals surface area contributed by atoms with Crippen molar-refractivity contribution in [3.05, 3.63) is 28.8 Å². The van der Waals surface area contributed by atoms with Crippen LogP contribution in [0.5, 0.6) is 0 Å². The number of nitrogens with one attached hydrogen (secondary N) is 1. The topological polar surface area (TPSA) is 64.3 Å². The standard InChI is InChI=1S/C11H12ClF3N2O2/c1-19-9(5-16)10(18)17-6-2-3-8(12)7(4-6)11(13,14)15/h2-4,9H,5,16H2,1H3,(H,17,18). The van der Waals surface area contributed by atoms with Crippen molar-refractivity contribution in [3.63, 3.8) is 0 Å². The molecule has 1 amide bonds. The normalized spacial score (nSPS) is 13.2. The summed E-state index contributed by atoms with van der Waals surface area (Å²) in [6, 6.07) is 3.08. The van der Waals surface area contributed by atoms with E-state index in [4.69, 9.17) is 22.1 Å². The maximum atomic E-state index is 12.6. The predicted octanol–water partition coefficient (Wildman–Crippen LogP) is 2.27. The van der Waals surface area contributed by atoms with Crippen molar-refractivity contribution in [2.24, 2.45) is 5.73 Å². The van der Waals surface area contributed by atoms with Crippen molar-refractivity contribution in [2.75, 3.05) is 19.0 Å². The number of anilines is 1. The van der Waals surface area contributed by atoms with E-state index in [9.17, 15) is 18.0 Å². The van der Waals surface area contributed by atoms with E-state index >= 15 is 0 Å². The lowest BCUT2D eigenvalue weighted by Gasteiger charge is -2.15. The maximum Gasteiger partial charge on any atom is 0.417 e. The van der Waals surface area contributed by atoms with Gasteiger partial charge in [0.05, 0.1) is 10.6 Å². The van der Waals surface area contributed by atoms with Crippen molar-refractivity contribution in [1.29, 1.82) is 0 Å². The molecule has 3 N–H and O–H groups in total. The molecule has 0 aliphatic carbocycles. The van der Waals surface area contributed by atoms with Crippen LogP contribution in [0.3, 0.4) is 0 Å². The van der Waals surface area contributed by atoms with Gasteiger partial charge in [0, 0.05) is 19.3 Å². The van der Waals surface area contributed by atoms with Gasteiger partial charge in [0.25, 0.3) is 5.91 Å². The molecule has 8 heteroatoms. The summed E-state index contributed by atoms with van der Waals surface area (Å²) < 4.78 is 42.6. The average molecular weight is 297 g/mol. The molecule has 0 spiro atoms. The van der Waals surface area contributed by atoms with Crippen LogP contribution >= 0.6 is 11.6 Å². The third-order valence-electron chi connectivity index (χ3n) is 2.33. The summed E-state index contributed by atoms with van der Waals surface area (Å²) in [6.45, 7) is -0.0813. The molecule has 4 nitrogen and oxygen atoms in total. The number of benzene rings is 1. The number of methoxy groups -OCH3 is 1. The van der Waals surface area contributed by atoms with Crippen LogP contribution in [0.2, 0.25) is 5.02 Å². The van der Waals surface area contributed by atoms with Gasteiger partial charge < -0.3 is 15.8 Å². The van der Waals surface area contributed by atoms with Crippen molar-refractivity contribution in [1.82, 2.24) is 0 Å². The molecule has 0 aliphatic rings. The Morgan fingerprint density at radius 3 is 2.63 bits per heavy atom. The number of nitrogens with two attached hydrogens (primary N) is 1. The molecule has 1 atom stereocenters. The number of hydrogen-bond acceptors (Lipinski definition) is 3. The number of ether oxygens (including phenoxy) is 1. The molecule has 0 aliphatic heterocycles. The number of amides is 1. The van der Waals surface area contributed by atoms with Crippen LogP contribution in [0.15, 0.2) is 18.2 Å². The number of carbonyl (C=O) groups excluding carboxylic acids is 1. The van der Waals surface area contributed by atoms with Crippen molar-refractivity contribution in [2.45, 2.75) is 12.3 Å². The largest absolute Gasteiger partial charge is 0.417 e. The van der Waals surface area contributed by atoms with Gasteiger partial charge in [-0.2, -0.15) is 13.2 Å². The Morgan fingerprint density at radius 1 is 1.53 bits per heavy atom. The monoisotopic (exact) mass is 296 g/mol. The van der Waals surface area contributed by atoms with Crippen molar-refractivity contribution < 1.29 is 22.7 Å². The van der Waals surface area contributed by atoms with Crippen molar-refractivity contribution in [3.8, 4) is 0 Å². The molecule has 0 fully saturated rings. The summed E-state index contributed by atoms with van der Waals surface area (Å²) in [4.78, 5) is 11.6. The number of rotatable bonds is 4. The number of alkyl halides is 3. The fourth-order valence-corrected chi connectivity index (χ4v) is 1.58. The third-order valence-corrected chi connectivity index (χ3v) is 2.66. The van der Waals surface area contributed by atoms with Crippen LogP contribution in [0.25, 0.3) is 0 Å². The summed E-state index contributed by atoms with van der Waals surface area (Å²) in [5.41, 5.74) is 4.22. The van der Waals surface area contributed by atoms with Gasteiger partial charge in [-0.15, -0.1) is 0 Å². The fraction of sp³-hybridized carbons (Fsp3) is 0.364. The van der Waals surface area contributed by atoms with Gasteiger partial charge >= 0.3 is 6.18 Å². The van der Waals surface area contributed by atoms with E-state index in [2.05, 4.69) is 5.32 Å². The van der Waals surface area contributed by atoms with Gasteiger partial charge in [0.15, 0.2) is 0 Å². The zero-order valence-corrected chi connectivity index (χ0v) is 10.7. The third kappa shape index (κ3) is 4.09. The highest BCUT2D eigenvalue weighted by atomic mass is 35.5. The molecule has 106 valence electrons. The maximum absolute atomic E-state index is 12.6. The quantitative estimate of drug-likeness (QED) is 0.896. The highest BCUT2D eigenvalue weighted by Crippen LogP contribution is 2.36. The first-order valence-corrected chi connectivity index (χ1v) is 5.58. The van der Waals surface area contributed by atoms with E-state index in [0.717, 1.165) is 12.1 Å². The van der Waals surface area contributed by atoms with E-state index in [0.29, 0.717) is 0 Å². The van der Waals surface area contributed by atoms with Gasteiger partial charge in [-0.1, -0.05) is 11.6 Å². The Morgan fingerprint density at radius 2 is 2.16 bits per heavy atom. The molecule has 1 unspecified atom stereocenters. The molecule has 0 saturated heterocycles. The first-order chi connectivity index (χ1) is 8.79. The molecule has 1 rings (SSSR count). The Hall–Kier alpha value is -1.31. The lowest BCUT2D eigenvalue weighted by Crippen LogP contribution is -2.35. The number of halogens is 4. The zero-order valence-electron chi connectivity index (χ0n) is 9.92. The Bertz CT molecular complexity index is 462.